The number of rotatable bonds is 6. The van der Waals surface area contributed by atoms with E-state index in [2.05, 4.69) is 5.32 Å². The van der Waals surface area contributed by atoms with Gasteiger partial charge in [0, 0.05) is 18.2 Å². The molecule has 1 atom stereocenters. The normalized spacial score (nSPS) is 26.2. The Balaban J connectivity index is 1.50. The Morgan fingerprint density at radius 2 is 2.00 bits per heavy atom. The van der Waals surface area contributed by atoms with Crippen LogP contribution in [0, 0.1) is 5.92 Å². The Hall–Kier alpha value is -2.08. The van der Waals surface area contributed by atoms with Crippen LogP contribution in [0.25, 0.3) is 0 Å². The van der Waals surface area contributed by atoms with Crippen molar-refractivity contribution < 1.29 is 24.2 Å². The molecule has 1 aliphatic heterocycles. The molecular formula is C19H25NO5. The number of nitrogens with one attached hydrogen (secondary N) is 1. The minimum absolute atomic E-state index is 0.0413. The minimum atomic E-state index is -0.735. The summed E-state index contributed by atoms with van der Waals surface area (Å²) >= 11 is 0. The van der Waals surface area contributed by atoms with Crippen LogP contribution in [-0.2, 0) is 9.53 Å². The lowest BCUT2D eigenvalue weighted by molar-refractivity contribution is -0.142. The summed E-state index contributed by atoms with van der Waals surface area (Å²) in [5.74, 6) is -0.484. The maximum Gasteiger partial charge on any atom is 0.306 e. The van der Waals surface area contributed by atoms with Gasteiger partial charge in [-0.25, -0.2) is 0 Å². The van der Waals surface area contributed by atoms with E-state index in [1.807, 2.05) is 6.07 Å². The van der Waals surface area contributed by atoms with E-state index in [9.17, 15) is 9.59 Å². The van der Waals surface area contributed by atoms with E-state index in [1.165, 1.54) is 0 Å². The fourth-order valence-electron chi connectivity index (χ4n) is 3.45. The molecule has 2 fully saturated rings. The maximum atomic E-state index is 12.4. The van der Waals surface area contributed by atoms with Crippen LogP contribution in [0.1, 0.15) is 48.9 Å². The second-order valence-corrected chi connectivity index (χ2v) is 6.83. The summed E-state index contributed by atoms with van der Waals surface area (Å²) in [4.78, 5) is 23.4. The summed E-state index contributed by atoms with van der Waals surface area (Å²) in [6, 6.07) is 7.19. The average molecular weight is 347 g/mol. The van der Waals surface area contributed by atoms with Gasteiger partial charge in [0.15, 0.2) is 0 Å². The first-order valence-electron chi connectivity index (χ1n) is 9.00. The molecule has 0 bridgehead atoms. The van der Waals surface area contributed by atoms with Crippen molar-refractivity contribution in [2.75, 3.05) is 13.2 Å². The molecule has 3 rings (SSSR count). The van der Waals surface area contributed by atoms with E-state index in [-0.39, 0.29) is 24.0 Å². The zero-order valence-corrected chi connectivity index (χ0v) is 14.3. The van der Waals surface area contributed by atoms with Gasteiger partial charge in [0.2, 0.25) is 0 Å². The molecule has 1 unspecified atom stereocenters. The lowest BCUT2D eigenvalue weighted by atomic mass is 9.86. The first-order chi connectivity index (χ1) is 12.1. The molecule has 2 aliphatic rings. The Morgan fingerprint density at radius 1 is 1.20 bits per heavy atom. The highest BCUT2D eigenvalue weighted by molar-refractivity contribution is 5.94. The molecule has 1 amide bonds. The van der Waals surface area contributed by atoms with Crippen molar-refractivity contribution in [1.82, 2.24) is 5.32 Å². The standard InChI is InChI=1S/C19H25NO5/c21-18(20-15-8-6-13(7-9-15)19(22)23)14-3-1-4-16(11-14)25-12-17-5-2-10-24-17/h1,3-4,11,13,15,17H,2,5-10,12H2,(H,20,21)(H,22,23). The quantitative estimate of drug-likeness (QED) is 0.826. The molecule has 0 aromatic heterocycles. The number of ether oxygens (including phenoxy) is 2. The molecule has 1 aromatic carbocycles. The molecule has 1 aliphatic carbocycles. The monoisotopic (exact) mass is 347 g/mol. The maximum absolute atomic E-state index is 12.4. The van der Waals surface area contributed by atoms with Gasteiger partial charge in [-0.3, -0.25) is 9.59 Å². The predicted molar refractivity (Wildman–Crippen MR) is 91.8 cm³/mol. The number of carbonyl (C=O) groups is 2. The van der Waals surface area contributed by atoms with Crippen molar-refractivity contribution in [2.45, 2.75) is 50.7 Å². The molecule has 1 saturated carbocycles. The number of hydrogen-bond donors (Lipinski definition) is 2. The van der Waals surface area contributed by atoms with Gasteiger partial charge in [0.05, 0.1) is 12.0 Å². The van der Waals surface area contributed by atoms with E-state index in [0.29, 0.717) is 43.6 Å². The third-order valence-corrected chi connectivity index (χ3v) is 4.97. The number of benzene rings is 1. The van der Waals surface area contributed by atoms with Gasteiger partial charge in [0.25, 0.3) is 5.91 Å². The van der Waals surface area contributed by atoms with E-state index in [4.69, 9.17) is 14.6 Å². The van der Waals surface area contributed by atoms with Crippen molar-refractivity contribution in [3.05, 3.63) is 29.8 Å². The molecule has 136 valence electrons. The van der Waals surface area contributed by atoms with Gasteiger partial charge < -0.3 is 19.9 Å². The van der Waals surface area contributed by atoms with Crippen LogP contribution in [0.2, 0.25) is 0 Å². The lowest BCUT2D eigenvalue weighted by Crippen LogP contribution is -2.38. The number of aliphatic carboxylic acids is 1. The van der Waals surface area contributed by atoms with Crippen molar-refractivity contribution in [1.29, 1.82) is 0 Å². The fourth-order valence-corrected chi connectivity index (χ4v) is 3.45. The van der Waals surface area contributed by atoms with Crippen LogP contribution in [0.4, 0.5) is 0 Å². The number of carbonyl (C=O) groups excluding carboxylic acids is 1. The third kappa shape index (κ3) is 4.95. The van der Waals surface area contributed by atoms with E-state index in [1.54, 1.807) is 18.2 Å². The van der Waals surface area contributed by atoms with Crippen molar-refractivity contribution >= 4 is 11.9 Å². The predicted octanol–water partition coefficient (Wildman–Crippen LogP) is 2.62. The second kappa shape index (κ2) is 8.34. The Bertz CT molecular complexity index is 604. The smallest absolute Gasteiger partial charge is 0.306 e. The highest BCUT2D eigenvalue weighted by Gasteiger charge is 2.27. The number of carboxylic acids is 1. The second-order valence-electron chi connectivity index (χ2n) is 6.83. The molecular weight excluding hydrogens is 322 g/mol. The molecule has 1 aromatic rings. The van der Waals surface area contributed by atoms with Crippen molar-refractivity contribution in [2.24, 2.45) is 5.92 Å². The Morgan fingerprint density at radius 3 is 2.68 bits per heavy atom. The summed E-state index contributed by atoms with van der Waals surface area (Å²) in [7, 11) is 0. The highest BCUT2D eigenvalue weighted by Crippen LogP contribution is 2.25. The van der Waals surface area contributed by atoms with Crippen molar-refractivity contribution in [3.8, 4) is 5.75 Å². The SMILES string of the molecule is O=C(NC1CCC(C(=O)O)CC1)c1cccc(OCC2CCCO2)c1. The highest BCUT2D eigenvalue weighted by atomic mass is 16.5. The van der Waals surface area contributed by atoms with Gasteiger partial charge in [-0.05, 0) is 56.7 Å². The molecule has 0 spiro atoms. The van der Waals surface area contributed by atoms with Gasteiger partial charge in [-0.2, -0.15) is 0 Å². The zero-order chi connectivity index (χ0) is 17.6. The summed E-state index contributed by atoms with van der Waals surface area (Å²) in [5, 5.41) is 12.0. The first-order valence-corrected chi connectivity index (χ1v) is 9.00. The van der Waals surface area contributed by atoms with Crippen molar-refractivity contribution in [3.63, 3.8) is 0 Å². The Labute approximate surface area is 147 Å². The van der Waals surface area contributed by atoms with E-state index >= 15 is 0 Å². The first kappa shape index (κ1) is 17.7. The largest absolute Gasteiger partial charge is 0.491 e. The van der Waals surface area contributed by atoms with Crippen LogP contribution in [-0.4, -0.2) is 42.3 Å². The van der Waals surface area contributed by atoms with Gasteiger partial charge in [0.1, 0.15) is 12.4 Å². The van der Waals surface area contributed by atoms with Crippen LogP contribution >= 0.6 is 0 Å². The van der Waals surface area contributed by atoms with Gasteiger partial charge in [-0.1, -0.05) is 6.07 Å². The fraction of sp³-hybridized carbons (Fsp3) is 0.579. The summed E-state index contributed by atoms with van der Waals surface area (Å²) in [6.45, 7) is 1.30. The van der Waals surface area contributed by atoms with Gasteiger partial charge >= 0.3 is 5.97 Å². The van der Waals surface area contributed by atoms with Crippen LogP contribution in [0.15, 0.2) is 24.3 Å². The average Bonchev–Trinajstić information content (AvgIpc) is 3.14. The number of amides is 1. The summed E-state index contributed by atoms with van der Waals surface area (Å²) in [6.07, 6.45) is 4.87. The molecule has 0 radical (unpaired) electrons. The minimum Gasteiger partial charge on any atom is -0.491 e. The third-order valence-electron chi connectivity index (χ3n) is 4.97. The Kier molecular flexibility index (Phi) is 5.91. The summed E-state index contributed by atoms with van der Waals surface area (Å²) < 4.78 is 11.3. The van der Waals surface area contributed by atoms with E-state index in [0.717, 1.165) is 19.4 Å². The lowest BCUT2D eigenvalue weighted by Gasteiger charge is -2.26. The van der Waals surface area contributed by atoms with Crippen LogP contribution in [0.3, 0.4) is 0 Å². The van der Waals surface area contributed by atoms with Gasteiger partial charge in [-0.15, -0.1) is 0 Å². The van der Waals surface area contributed by atoms with E-state index < -0.39 is 5.97 Å². The topological polar surface area (TPSA) is 84.9 Å². The molecule has 6 heteroatoms. The molecule has 25 heavy (non-hydrogen) atoms. The summed E-state index contributed by atoms with van der Waals surface area (Å²) in [5.41, 5.74) is 0.560. The van der Waals surface area contributed by atoms with Crippen LogP contribution < -0.4 is 10.1 Å². The molecule has 6 nitrogen and oxygen atoms in total. The molecule has 2 N–H and O–H groups in total. The zero-order valence-electron chi connectivity index (χ0n) is 14.3. The molecule has 1 saturated heterocycles. The molecule has 1 heterocycles. The number of carboxylic acid groups (broad SMARTS) is 1. The van der Waals surface area contributed by atoms with Crippen LogP contribution in [0.5, 0.6) is 5.75 Å². The number of hydrogen-bond acceptors (Lipinski definition) is 4.